The van der Waals surface area contributed by atoms with E-state index in [-0.39, 0.29) is 48.8 Å². The maximum atomic E-state index is 13.3. The lowest BCUT2D eigenvalue weighted by molar-refractivity contribution is -0.132. The maximum absolute atomic E-state index is 13.3. The molecule has 2 saturated heterocycles. The molecule has 0 aliphatic carbocycles. The molecule has 3 rings (SSSR count). The fraction of sp³-hybridized carbons (Fsp3) is 0.467. The van der Waals surface area contributed by atoms with Gasteiger partial charge in [-0.3, -0.25) is 9.59 Å². The van der Waals surface area contributed by atoms with Crippen LogP contribution in [0.25, 0.3) is 0 Å². The standard InChI is InChI=1S/C15H18FN3O4S2/c16-12-2-1-3-13(10-12)25(22,23)19-6-4-17(5-7-19)14(20)11-18-8-9-24-15(18)21/h1-3,10H,4-9,11H2. The van der Waals surface area contributed by atoms with E-state index in [2.05, 4.69) is 0 Å². The predicted octanol–water partition coefficient (Wildman–Crippen LogP) is 0.827. The molecule has 136 valence electrons. The monoisotopic (exact) mass is 387 g/mol. The zero-order chi connectivity index (χ0) is 18.0. The van der Waals surface area contributed by atoms with Gasteiger partial charge in [0.1, 0.15) is 12.4 Å². The molecule has 2 amide bonds. The number of hydrogen-bond donors (Lipinski definition) is 0. The first kappa shape index (κ1) is 18.2. The first-order valence-electron chi connectivity index (χ1n) is 7.83. The molecule has 7 nitrogen and oxygen atoms in total. The molecule has 0 atom stereocenters. The third-order valence-corrected chi connectivity index (χ3v) is 6.98. The summed E-state index contributed by atoms with van der Waals surface area (Å²) >= 11 is 1.19. The van der Waals surface area contributed by atoms with E-state index in [4.69, 9.17) is 0 Å². The topological polar surface area (TPSA) is 78.0 Å². The van der Waals surface area contributed by atoms with Crippen LogP contribution in [-0.4, -0.2) is 78.7 Å². The van der Waals surface area contributed by atoms with Gasteiger partial charge in [-0.1, -0.05) is 17.8 Å². The van der Waals surface area contributed by atoms with Gasteiger partial charge in [0.2, 0.25) is 15.9 Å². The molecular weight excluding hydrogens is 369 g/mol. The number of thioether (sulfide) groups is 1. The number of piperazine rings is 1. The molecule has 0 bridgehead atoms. The van der Waals surface area contributed by atoms with Crippen LogP contribution in [0.1, 0.15) is 0 Å². The summed E-state index contributed by atoms with van der Waals surface area (Å²) in [5, 5.41) is -0.0966. The van der Waals surface area contributed by atoms with Crippen molar-refractivity contribution in [1.82, 2.24) is 14.1 Å². The number of rotatable bonds is 4. The van der Waals surface area contributed by atoms with E-state index >= 15 is 0 Å². The summed E-state index contributed by atoms with van der Waals surface area (Å²) in [6.07, 6.45) is 0. The van der Waals surface area contributed by atoms with E-state index in [1.807, 2.05) is 0 Å². The summed E-state index contributed by atoms with van der Waals surface area (Å²) in [5.74, 6) is -0.104. The van der Waals surface area contributed by atoms with E-state index in [0.29, 0.717) is 12.3 Å². The van der Waals surface area contributed by atoms with Crippen LogP contribution in [-0.2, 0) is 14.8 Å². The molecule has 1 aromatic rings. The van der Waals surface area contributed by atoms with Gasteiger partial charge in [0.15, 0.2) is 0 Å². The smallest absolute Gasteiger partial charge is 0.282 e. The molecule has 2 aliphatic heterocycles. The number of nitrogens with zero attached hydrogens (tertiary/aromatic N) is 3. The molecule has 0 aromatic heterocycles. The van der Waals surface area contributed by atoms with Gasteiger partial charge in [-0.25, -0.2) is 12.8 Å². The Labute approximate surface area is 149 Å². The summed E-state index contributed by atoms with van der Waals surface area (Å²) in [7, 11) is -3.78. The Hall–Kier alpha value is -1.65. The Balaban J connectivity index is 1.59. The van der Waals surface area contributed by atoms with Gasteiger partial charge in [-0.05, 0) is 18.2 Å². The highest BCUT2D eigenvalue weighted by molar-refractivity contribution is 8.13. The van der Waals surface area contributed by atoms with Crippen molar-refractivity contribution in [2.45, 2.75) is 4.90 Å². The minimum absolute atomic E-state index is 0.0302. The maximum Gasteiger partial charge on any atom is 0.282 e. The van der Waals surface area contributed by atoms with Crippen molar-refractivity contribution >= 4 is 32.9 Å². The number of amides is 2. The second kappa shape index (κ2) is 7.30. The zero-order valence-corrected chi connectivity index (χ0v) is 15.1. The van der Waals surface area contributed by atoms with Gasteiger partial charge in [0, 0.05) is 38.5 Å². The molecule has 10 heteroatoms. The molecule has 2 heterocycles. The molecule has 0 unspecified atom stereocenters. The van der Waals surface area contributed by atoms with Crippen molar-refractivity contribution in [3.63, 3.8) is 0 Å². The highest BCUT2D eigenvalue weighted by Crippen LogP contribution is 2.20. The van der Waals surface area contributed by atoms with Crippen LogP contribution in [0.4, 0.5) is 9.18 Å². The van der Waals surface area contributed by atoms with Crippen molar-refractivity contribution in [2.75, 3.05) is 45.0 Å². The Bertz CT molecular complexity index is 779. The van der Waals surface area contributed by atoms with Crippen LogP contribution >= 0.6 is 11.8 Å². The first-order valence-corrected chi connectivity index (χ1v) is 10.3. The van der Waals surface area contributed by atoms with Crippen molar-refractivity contribution in [1.29, 1.82) is 0 Å². The number of carbonyl (C=O) groups is 2. The molecule has 2 aliphatic rings. The van der Waals surface area contributed by atoms with Crippen LogP contribution in [0, 0.1) is 5.82 Å². The fourth-order valence-corrected chi connectivity index (χ4v) is 5.07. The fourth-order valence-electron chi connectivity index (χ4n) is 2.79. The minimum atomic E-state index is -3.78. The molecule has 2 fully saturated rings. The predicted molar refractivity (Wildman–Crippen MR) is 91.2 cm³/mol. The minimum Gasteiger partial charge on any atom is -0.339 e. The number of carbonyl (C=O) groups excluding carboxylic acids is 2. The summed E-state index contributed by atoms with van der Waals surface area (Å²) in [6.45, 7) is 1.39. The van der Waals surface area contributed by atoms with Crippen LogP contribution in [0.5, 0.6) is 0 Å². The first-order chi connectivity index (χ1) is 11.9. The highest BCUT2D eigenvalue weighted by atomic mass is 32.2. The largest absolute Gasteiger partial charge is 0.339 e. The van der Waals surface area contributed by atoms with E-state index < -0.39 is 15.8 Å². The lowest BCUT2D eigenvalue weighted by Crippen LogP contribution is -2.52. The van der Waals surface area contributed by atoms with Gasteiger partial charge in [0.25, 0.3) is 5.24 Å². The summed E-state index contributed by atoms with van der Waals surface area (Å²) in [6, 6.07) is 4.89. The van der Waals surface area contributed by atoms with Gasteiger partial charge in [0.05, 0.1) is 4.90 Å². The van der Waals surface area contributed by atoms with E-state index in [1.54, 1.807) is 4.90 Å². The number of benzene rings is 1. The summed E-state index contributed by atoms with van der Waals surface area (Å²) in [4.78, 5) is 26.8. The molecule has 0 radical (unpaired) electrons. The van der Waals surface area contributed by atoms with Crippen LogP contribution in [0.3, 0.4) is 0 Å². The summed E-state index contributed by atoms with van der Waals surface area (Å²) < 4.78 is 39.6. The van der Waals surface area contributed by atoms with E-state index in [9.17, 15) is 22.4 Å². The Morgan fingerprint density at radius 2 is 1.88 bits per heavy atom. The zero-order valence-electron chi connectivity index (χ0n) is 13.4. The van der Waals surface area contributed by atoms with Crippen molar-refractivity contribution in [3.05, 3.63) is 30.1 Å². The van der Waals surface area contributed by atoms with Crippen LogP contribution < -0.4 is 0 Å². The number of halogens is 1. The van der Waals surface area contributed by atoms with Gasteiger partial charge >= 0.3 is 0 Å². The molecule has 0 saturated carbocycles. The van der Waals surface area contributed by atoms with Gasteiger partial charge in [-0.2, -0.15) is 4.31 Å². The second-order valence-corrected chi connectivity index (χ2v) is 8.76. The lowest BCUT2D eigenvalue weighted by Gasteiger charge is -2.34. The third kappa shape index (κ3) is 3.96. The molecular formula is C15H18FN3O4S2. The Morgan fingerprint density at radius 1 is 1.16 bits per heavy atom. The number of hydrogen-bond acceptors (Lipinski definition) is 5. The quantitative estimate of drug-likeness (QED) is 0.765. The van der Waals surface area contributed by atoms with Crippen molar-refractivity contribution in [3.8, 4) is 0 Å². The van der Waals surface area contributed by atoms with Crippen molar-refractivity contribution in [2.24, 2.45) is 0 Å². The van der Waals surface area contributed by atoms with E-state index in [1.165, 1.54) is 39.2 Å². The van der Waals surface area contributed by atoms with Crippen molar-refractivity contribution < 1.29 is 22.4 Å². The second-order valence-electron chi connectivity index (χ2n) is 5.78. The third-order valence-electron chi connectivity index (χ3n) is 4.20. The van der Waals surface area contributed by atoms with Crippen LogP contribution in [0.2, 0.25) is 0 Å². The highest BCUT2D eigenvalue weighted by Gasteiger charge is 2.32. The molecule has 0 spiro atoms. The average Bonchev–Trinajstić information content (AvgIpc) is 3.00. The number of sulfonamides is 1. The normalized spacial score (nSPS) is 19.5. The van der Waals surface area contributed by atoms with Crippen LogP contribution in [0.15, 0.2) is 29.2 Å². The van der Waals surface area contributed by atoms with Gasteiger partial charge < -0.3 is 9.80 Å². The Kier molecular flexibility index (Phi) is 5.30. The SMILES string of the molecule is O=C(CN1CCSC1=O)N1CCN(S(=O)(=O)c2cccc(F)c2)CC1. The molecule has 0 N–H and O–H groups in total. The Morgan fingerprint density at radius 3 is 2.48 bits per heavy atom. The lowest BCUT2D eigenvalue weighted by atomic mass is 10.3. The molecule has 25 heavy (non-hydrogen) atoms. The van der Waals surface area contributed by atoms with Gasteiger partial charge in [-0.15, -0.1) is 0 Å². The average molecular weight is 387 g/mol. The van der Waals surface area contributed by atoms with E-state index in [0.717, 1.165) is 6.07 Å². The molecule has 1 aromatic carbocycles. The summed E-state index contributed by atoms with van der Waals surface area (Å²) in [5.41, 5.74) is 0.